The van der Waals surface area contributed by atoms with Gasteiger partial charge >= 0.3 is 0 Å². The fourth-order valence-electron chi connectivity index (χ4n) is 3.07. The van der Waals surface area contributed by atoms with E-state index in [9.17, 15) is 13.2 Å². The molecular formula is C21H18N4O3S. The highest BCUT2D eigenvalue weighted by molar-refractivity contribution is 7.92. The third kappa shape index (κ3) is 3.50. The Morgan fingerprint density at radius 1 is 1.00 bits per heavy atom. The minimum atomic E-state index is -3.38. The van der Waals surface area contributed by atoms with Crippen LogP contribution < -0.4 is 4.31 Å². The van der Waals surface area contributed by atoms with Crippen molar-refractivity contribution < 1.29 is 13.2 Å². The number of imidazole rings is 1. The number of hydrogen-bond donors (Lipinski definition) is 0. The van der Waals surface area contributed by atoms with Gasteiger partial charge in [-0.05, 0) is 18.2 Å². The predicted molar refractivity (Wildman–Crippen MR) is 112 cm³/mol. The molecule has 0 unspecified atom stereocenters. The monoisotopic (exact) mass is 406 g/mol. The van der Waals surface area contributed by atoms with Crippen LogP contribution in [0, 0.1) is 0 Å². The van der Waals surface area contributed by atoms with E-state index >= 15 is 0 Å². The number of anilines is 1. The van der Waals surface area contributed by atoms with E-state index in [1.54, 1.807) is 65.5 Å². The second kappa shape index (κ2) is 7.14. The molecule has 0 bridgehead atoms. The molecule has 4 aromatic rings. The lowest BCUT2D eigenvalue weighted by molar-refractivity contribution is 0.103. The Labute approximate surface area is 168 Å². The summed E-state index contributed by atoms with van der Waals surface area (Å²) in [4.78, 5) is 21.5. The summed E-state index contributed by atoms with van der Waals surface area (Å²) in [5, 5.41) is 0. The van der Waals surface area contributed by atoms with Gasteiger partial charge in [0, 0.05) is 24.4 Å². The Hall–Kier alpha value is -3.52. The van der Waals surface area contributed by atoms with Crippen LogP contribution in [-0.4, -0.2) is 41.9 Å². The van der Waals surface area contributed by atoms with E-state index < -0.39 is 10.0 Å². The zero-order valence-corrected chi connectivity index (χ0v) is 16.7. The zero-order valence-electron chi connectivity index (χ0n) is 15.9. The fourth-order valence-corrected chi connectivity index (χ4v) is 3.57. The van der Waals surface area contributed by atoms with Gasteiger partial charge in [0.2, 0.25) is 15.8 Å². The van der Waals surface area contributed by atoms with Crippen molar-refractivity contribution >= 4 is 27.1 Å². The first kappa shape index (κ1) is 18.8. The van der Waals surface area contributed by atoms with Crippen molar-refractivity contribution in [1.29, 1.82) is 0 Å². The largest absolute Gasteiger partial charge is 0.287 e. The lowest BCUT2D eigenvalue weighted by Gasteiger charge is -2.17. The van der Waals surface area contributed by atoms with Crippen molar-refractivity contribution in [3.8, 4) is 11.3 Å². The summed E-state index contributed by atoms with van der Waals surface area (Å²) < 4.78 is 26.7. The molecule has 8 heteroatoms. The van der Waals surface area contributed by atoms with Crippen molar-refractivity contribution in [1.82, 2.24) is 14.4 Å². The Morgan fingerprint density at radius 3 is 2.48 bits per heavy atom. The number of aromatic nitrogens is 3. The quantitative estimate of drug-likeness (QED) is 0.476. The summed E-state index contributed by atoms with van der Waals surface area (Å²) in [6.45, 7) is 0. The van der Waals surface area contributed by atoms with Crippen LogP contribution in [0.25, 0.3) is 16.9 Å². The summed E-state index contributed by atoms with van der Waals surface area (Å²) in [5.74, 6) is -0.205. The maximum absolute atomic E-state index is 12.8. The lowest BCUT2D eigenvalue weighted by Crippen LogP contribution is -2.24. The molecule has 2 aromatic heterocycles. The van der Waals surface area contributed by atoms with Gasteiger partial charge in [0.25, 0.3) is 0 Å². The molecule has 2 heterocycles. The van der Waals surface area contributed by atoms with Crippen molar-refractivity contribution in [2.45, 2.75) is 0 Å². The molecule has 0 fully saturated rings. The van der Waals surface area contributed by atoms with E-state index in [0.29, 0.717) is 16.9 Å². The molecule has 0 amide bonds. The molecule has 4 rings (SSSR count). The van der Waals surface area contributed by atoms with E-state index in [2.05, 4.69) is 9.97 Å². The molecule has 29 heavy (non-hydrogen) atoms. The number of carbonyl (C=O) groups excluding carboxylic acids is 1. The zero-order chi connectivity index (χ0) is 20.6. The van der Waals surface area contributed by atoms with E-state index in [4.69, 9.17) is 0 Å². The summed E-state index contributed by atoms with van der Waals surface area (Å²) in [7, 11) is -1.87. The molecule has 2 aromatic carbocycles. The van der Waals surface area contributed by atoms with Crippen molar-refractivity contribution in [2.24, 2.45) is 0 Å². The van der Waals surface area contributed by atoms with Crippen LogP contribution in [-0.2, 0) is 10.0 Å². The lowest BCUT2D eigenvalue weighted by atomic mass is 10.1. The highest BCUT2D eigenvalue weighted by atomic mass is 32.2. The SMILES string of the molecule is CN(c1cccc(-c2ccnc3c(C(=O)c4ccccc4)ncn23)c1)S(C)(=O)=O. The van der Waals surface area contributed by atoms with E-state index in [1.807, 2.05) is 12.1 Å². The summed E-state index contributed by atoms with van der Waals surface area (Å²) in [5.41, 5.74) is 3.31. The molecule has 0 saturated carbocycles. The van der Waals surface area contributed by atoms with Crippen molar-refractivity contribution in [3.63, 3.8) is 0 Å². The highest BCUT2D eigenvalue weighted by Gasteiger charge is 2.19. The number of fused-ring (bicyclic) bond motifs is 1. The summed E-state index contributed by atoms with van der Waals surface area (Å²) >= 11 is 0. The average molecular weight is 406 g/mol. The smallest absolute Gasteiger partial charge is 0.231 e. The van der Waals surface area contributed by atoms with Gasteiger partial charge in [-0.25, -0.2) is 18.4 Å². The first-order valence-corrected chi connectivity index (χ1v) is 10.7. The van der Waals surface area contributed by atoms with Gasteiger partial charge in [-0.3, -0.25) is 13.5 Å². The van der Waals surface area contributed by atoms with E-state index in [-0.39, 0.29) is 11.5 Å². The minimum Gasteiger partial charge on any atom is -0.287 e. The van der Waals surface area contributed by atoms with Crippen LogP contribution in [0.4, 0.5) is 5.69 Å². The molecule has 0 saturated heterocycles. The molecule has 0 atom stereocenters. The molecule has 7 nitrogen and oxygen atoms in total. The van der Waals surface area contributed by atoms with Crippen LogP contribution in [0.3, 0.4) is 0 Å². The standard InChI is InChI=1S/C21H18N4O3S/c1-24(29(2,27)28)17-10-6-9-16(13-17)18-11-12-22-21-19(23-14-25(18)21)20(26)15-7-4-3-5-8-15/h3-14H,1-2H3. The molecule has 0 spiro atoms. The topological polar surface area (TPSA) is 84.6 Å². The number of sulfonamides is 1. The fraction of sp³-hybridized carbons (Fsp3) is 0.0952. The van der Waals surface area contributed by atoms with Gasteiger partial charge in [0.15, 0.2) is 11.3 Å². The predicted octanol–water partition coefficient (Wildman–Crippen LogP) is 3.02. The van der Waals surface area contributed by atoms with E-state index in [0.717, 1.165) is 17.5 Å². The Morgan fingerprint density at radius 2 is 1.76 bits per heavy atom. The minimum absolute atomic E-state index is 0.205. The number of hydrogen-bond acceptors (Lipinski definition) is 5. The van der Waals surface area contributed by atoms with Gasteiger partial charge in [0.05, 0.1) is 17.6 Å². The maximum Gasteiger partial charge on any atom is 0.231 e. The third-order valence-corrected chi connectivity index (χ3v) is 5.89. The number of rotatable bonds is 5. The third-order valence-electron chi connectivity index (χ3n) is 4.69. The van der Waals surface area contributed by atoms with Crippen LogP contribution in [0.15, 0.2) is 73.2 Å². The number of benzene rings is 2. The van der Waals surface area contributed by atoms with Crippen molar-refractivity contribution in [3.05, 3.63) is 84.4 Å². The van der Waals surface area contributed by atoms with Gasteiger partial charge in [0.1, 0.15) is 6.33 Å². The molecule has 0 radical (unpaired) electrons. The molecule has 0 N–H and O–H groups in total. The van der Waals surface area contributed by atoms with Gasteiger partial charge in [-0.15, -0.1) is 0 Å². The number of ketones is 1. The molecule has 0 aliphatic carbocycles. The molecule has 0 aliphatic heterocycles. The molecule has 146 valence electrons. The first-order valence-electron chi connectivity index (χ1n) is 8.82. The summed E-state index contributed by atoms with van der Waals surface area (Å²) in [6.07, 6.45) is 4.32. The first-order chi connectivity index (χ1) is 13.9. The van der Waals surface area contributed by atoms with Crippen LogP contribution in [0.2, 0.25) is 0 Å². The van der Waals surface area contributed by atoms with Crippen LogP contribution in [0.1, 0.15) is 16.1 Å². The normalized spacial score (nSPS) is 11.5. The van der Waals surface area contributed by atoms with Gasteiger partial charge in [-0.1, -0.05) is 42.5 Å². The maximum atomic E-state index is 12.8. The van der Waals surface area contributed by atoms with Crippen LogP contribution in [0.5, 0.6) is 0 Å². The van der Waals surface area contributed by atoms with E-state index in [1.165, 1.54) is 11.4 Å². The molecular weight excluding hydrogens is 388 g/mol. The number of carbonyl (C=O) groups is 1. The van der Waals surface area contributed by atoms with Gasteiger partial charge < -0.3 is 0 Å². The second-order valence-electron chi connectivity index (χ2n) is 6.59. The van der Waals surface area contributed by atoms with Gasteiger partial charge in [-0.2, -0.15) is 0 Å². The number of nitrogens with zero attached hydrogens (tertiary/aromatic N) is 4. The Balaban J connectivity index is 1.81. The highest BCUT2D eigenvalue weighted by Crippen LogP contribution is 2.26. The second-order valence-corrected chi connectivity index (χ2v) is 8.61. The van der Waals surface area contributed by atoms with Crippen LogP contribution >= 0.6 is 0 Å². The molecule has 0 aliphatic rings. The Bertz CT molecular complexity index is 1310. The Kier molecular flexibility index (Phi) is 4.63. The average Bonchev–Trinajstić information content (AvgIpc) is 3.17. The van der Waals surface area contributed by atoms with Crippen molar-refractivity contribution in [2.75, 3.05) is 17.6 Å². The summed E-state index contributed by atoms with van der Waals surface area (Å²) in [6, 6.07) is 17.9.